The number of rotatable bonds is 6. The Labute approximate surface area is 111 Å². The molecule has 1 aliphatic carbocycles. The molecule has 3 N–H and O–H groups in total. The largest absolute Gasteiger partial charge is 0.377 e. The van der Waals surface area contributed by atoms with Crippen molar-refractivity contribution in [2.45, 2.75) is 35.6 Å². The van der Waals surface area contributed by atoms with E-state index in [1.165, 1.54) is 11.3 Å². The Balaban J connectivity index is 2.03. The zero-order chi connectivity index (χ0) is 13.2. The van der Waals surface area contributed by atoms with Gasteiger partial charge >= 0.3 is 0 Å². The molecular formula is C11H18N2O3S2. The van der Waals surface area contributed by atoms with E-state index in [4.69, 9.17) is 10.5 Å². The normalized spacial score (nSPS) is 18.6. The molecule has 0 spiro atoms. The van der Waals surface area contributed by atoms with Crippen LogP contribution in [0.2, 0.25) is 0 Å². The highest BCUT2D eigenvalue weighted by Gasteiger charge is 2.38. The molecule has 1 fully saturated rings. The first-order valence-electron chi connectivity index (χ1n) is 5.84. The second kappa shape index (κ2) is 5.26. The summed E-state index contributed by atoms with van der Waals surface area (Å²) < 4.78 is 32.5. The lowest BCUT2D eigenvalue weighted by atomic mass is 9.80. The first kappa shape index (κ1) is 14.0. The third-order valence-electron chi connectivity index (χ3n) is 3.41. The van der Waals surface area contributed by atoms with Crippen molar-refractivity contribution in [2.24, 2.45) is 5.73 Å². The van der Waals surface area contributed by atoms with Gasteiger partial charge in [-0.3, -0.25) is 0 Å². The lowest BCUT2D eigenvalue weighted by molar-refractivity contribution is -0.0659. The molecule has 1 aromatic heterocycles. The van der Waals surface area contributed by atoms with Crippen LogP contribution in [0.15, 0.2) is 15.7 Å². The molecule has 5 nitrogen and oxygen atoms in total. The fourth-order valence-electron chi connectivity index (χ4n) is 1.92. The van der Waals surface area contributed by atoms with E-state index in [0.717, 1.165) is 24.8 Å². The molecule has 0 bridgehead atoms. The highest BCUT2D eigenvalue weighted by molar-refractivity contribution is 7.91. The minimum absolute atomic E-state index is 0.305. The Bertz CT molecular complexity index is 501. The quantitative estimate of drug-likeness (QED) is 0.820. The SMILES string of the molecule is COC1(CNS(=O)(=O)c2cc(CN)cs2)CCC1. The minimum Gasteiger partial charge on any atom is -0.377 e. The number of hydrogen-bond donors (Lipinski definition) is 2. The molecule has 18 heavy (non-hydrogen) atoms. The Hall–Kier alpha value is -0.470. The van der Waals surface area contributed by atoms with Crippen molar-refractivity contribution >= 4 is 21.4 Å². The maximum absolute atomic E-state index is 12.1. The second-order valence-corrected chi connectivity index (χ2v) is 7.45. The van der Waals surface area contributed by atoms with Crippen molar-refractivity contribution in [3.8, 4) is 0 Å². The second-order valence-electron chi connectivity index (χ2n) is 4.54. The first-order chi connectivity index (χ1) is 8.51. The standard InChI is InChI=1S/C11H18N2O3S2/c1-16-11(3-2-4-11)8-13-18(14,15)10-5-9(6-12)7-17-10/h5,7,13H,2-4,6,8,12H2,1H3. The van der Waals surface area contributed by atoms with Gasteiger partial charge in [-0.05, 0) is 36.3 Å². The van der Waals surface area contributed by atoms with Crippen molar-refractivity contribution < 1.29 is 13.2 Å². The molecular weight excluding hydrogens is 272 g/mol. The van der Waals surface area contributed by atoms with Crippen LogP contribution in [-0.2, 0) is 21.3 Å². The van der Waals surface area contributed by atoms with Crippen LogP contribution in [0.3, 0.4) is 0 Å². The van der Waals surface area contributed by atoms with Crippen LogP contribution in [0.5, 0.6) is 0 Å². The summed E-state index contributed by atoms with van der Waals surface area (Å²) in [5.74, 6) is 0. The van der Waals surface area contributed by atoms with Crippen LogP contribution in [-0.4, -0.2) is 27.7 Å². The molecule has 102 valence electrons. The predicted molar refractivity (Wildman–Crippen MR) is 71.0 cm³/mol. The molecule has 0 atom stereocenters. The average Bonchev–Trinajstić information content (AvgIpc) is 2.77. The zero-order valence-corrected chi connectivity index (χ0v) is 11.9. The van der Waals surface area contributed by atoms with Crippen LogP contribution in [0.1, 0.15) is 24.8 Å². The Morgan fingerprint density at radius 3 is 2.72 bits per heavy atom. The van der Waals surface area contributed by atoms with E-state index in [9.17, 15) is 8.42 Å². The summed E-state index contributed by atoms with van der Waals surface area (Å²) in [5.41, 5.74) is 6.01. The van der Waals surface area contributed by atoms with E-state index in [1.54, 1.807) is 18.6 Å². The zero-order valence-electron chi connectivity index (χ0n) is 10.3. The number of hydrogen-bond acceptors (Lipinski definition) is 5. The van der Waals surface area contributed by atoms with E-state index >= 15 is 0 Å². The molecule has 1 aliphatic rings. The number of nitrogens with one attached hydrogen (secondary N) is 1. The summed E-state index contributed by atoms with van der Waals surface area (Å²) in [6.45, 7) is 0.690. The number of thiophene rings is 1. The molecule has 0 amide bonds. The van der Waals surface area contributed by atoms with E-state index in [0.29, 0.717) is 17.3 Å². The van der Waals surface area contributed by atoms with Gasteiger partial charge in [0.1, 0.15) is 4.21 Å². The highest BCUT2D eigenvalue weighted by atomic mass is 32.2. The molecule has 7 heteroatoms. The molecule has 0 aromatic carbocycles. The van der Waals surface area contributed by atoms with Gasteiger partial charge in [0, 0.05) is 20.2 Å². The third kappa shape index (κ3) is 2.75. The van der Waals surface area contributed by atoms with Crippen LogP contribution in [0, 0.1) is 0 Å². The molecule has 0 saturated heterocycles. The van der Waals surface area contributed by atoms with Gasteiger partial charge in [0.2, 0.25) is 10.0 Å². The number of nitrogens with two attached hydrogens (primary N) is 1. The van der Waals surface area contributed by atoms with E-state index in [2.05, 4.69) is 4.72 Å². The van der Waals surface area contributed by atoms with Gasteiger partial charge in [0.05, 0.1) is 5.60 Å². The summed E-state index contributed by atoms with van der Waals surface area (Å²) in [5, 5.41) is 1.77. The molecule has 1 aromatic rings. The van der Waals surface area contributed by atoms with E-state index in [1.807, 2.05) is 0 Å². The van der Waals surface area contributed by atoms with E-state index < -0.39 is 10.0 Å². The van der Waals surface area contributed by atoms with Crippen molar-refractivity contribution in [2.75, 3.05) is 13.7 Å². The van der Waals surface area contributed by atoms with Gasteiger partial charge in [0.15, 0.2) is 0 Å². The number of methoxy groups -OCH3 is 1. The fraction of sp³-hybridized carbons (Fsp3) is 0.636. The van der Waals surface area contributed by atoms with Crippen molar-refractivity contribution in [3.05, 3.63) is 17.0 Å². The fourth-order valence-corrected chi connectivity index (χ4v) is 4.30. The number of ether oxygens (including phenoxy) is 1. The maximum atomic E-state index is 12.1. The molecule has 1 saturated carbocycles. The van der Waals surface area contributed by atoms with Crippen LogP contribution >= 0.6 is 11.3 Å². The third-order valence-corrected chi connectivity index (χ3v) is 6.30. The Morgan fingerprint density at radius 1 is 1.56 bits per heavy atom. The highest BCUT2D eigenvalue weighted by Crippen LogP contribution is 2.34. The predicted octanol–water partition coefficient (Wildman–Crippen LogP) is 1.05. The van der Waals surface area contributed by atoms with Crippen LogP contribution in [0.25, 0.3) is 0 Å². The van der Waals surface area contributed by atoms with Crippen LogP contribution < -0.4 is 10.5 Å². The smallest absolute Gasteiger partial charge is 0.250 e. The van der Waals surface area contributed by atoms with E-state index in [-0.39, 0.29) is 5.60 Å². The van der Waals surface area contributed by atoms with Crippen molar-refractivity contribution in [1.82, 2.24) is 4.72 Å². The maximum Gasteiger partial charge on any atom is 0.250 e. The van der Waals surface area contributed by atoms with Gasteiger partial charge in [-0.1, -0.05) is 0 Å². The molecule has 0 unspecified atom stereocenters. The Kier molecular flexibility index (Phi) is 4.08. The molecule has 0 aliphatic heterocycles. The lowest BCUT2D eigenvalue weighted by Crippen LogP contribution is -2.49. The lowest BCUT2D eigenvalue weighted by Gasteiger charge is -2.40. The molecule has 1 heterocycles. The van der Waals surface area contributed by atoms with Gasteiger partial charge < -0.3 is 10.5 Å². The molecule has 2 rings (SSSR count). The van der Waals surface area contributed by atoms with Gasteiger partial charge in [0.25, 0.3) is 0 Å². The van der Waals surface area contributed by atoms with Crippen molar-refractivity contribution in [3.63, 3.8) is 0 Å². The van der Waals surface area contributed by atoms with Gasteiger partial charge in [-0.2, -0.15) is 0 Å². The van der Waals surface area contributed by atoms with Crippen LogP contribution in [0.4, 0.5) is 0 Å². The summed E-state index contributed by atoms with van der Waals surface area (Å²) in [7, 11) is -1.81. The summed E-state index contributed by atoms with van der Waals surface area (Å²) in [6, 6.07) is 1.62. The van der Waals surface area contributed by atoms with Crippen molar-refractivity contribution in [1.29, 1.82) is 0 Å². The Morgan fingerprint density at radius 2 is 2.28 bits per heavy atom. The minimum atomic E-state index is -3.44. The monoisotopic (exact) mass is 290 g/mol. The summed E-state index contributed by atoms with van der Waals surface area (Å²) in [4.78, 5) is 0. The average molecular weight is 290 g/mol. The first-order valence-corrected chi connectivity index (χ1v) is 8.20. The summed E-state index contributed by atoms with van der Waals surface area (Å²) in [6.07, 6.45) is 2.90. The number of sulfonamides is 1. The molecule has 0 radical (unpaired) electrons. The topological polar surface area (TPSA) is 81.4 Å². The van der Waals surface area contributed by atoms with Gasteiger partial charge in [-0.25, -0.2) is 13.1 Å². The summed E-state index contributed by atoms with van der Waals surface area (Å²) >= 11 is 1.19. The van der Waals surface area contributed by atoms with Gasteiger partial charge in [-0.15, -0.1) is 11.3 Å².